The van der Waals surface area contributed by atoms with Gasteiger partial charge in [-0.3, -0.25) is 14.9 Å². The number of nitrogens with zero attached hydrogens (tertiary/aromatic N) is 1. The predicted molar refractivity (Wildman–Crippen MR) is 89.9 cm³/mol. The van der Waals surface area contributed by atoms with E-state index in [0.717, 1.165) is 0 Å². The fourth-order valence-electron chi connectivity index (χ4n) is 2.20. The molecule has 25 heavy (non-hydrogen) atoms. The van der Waals surface area contributed by atoms with Crippen molar-refractivity contribution in [2.24, 2.45) is 0 Å². The molecular weight excluding hydrogens is 328 g/mol. The van der Waals surface area contributed by atoms with Crippen LogP contribution in [0.25, 0.3) is 0 Å². The lowest BCUT2D eigenvalue weighted by Crippen LogP contribution is -2.28. The van der Waals surface area contributed by atoms with Crippen molar-refractivity contribution in [1.82, 2.24) is 5.32 Å². The minimum Gasteiger partial charge on any atom is -0.493 e. The smallest absolute Gasteiger partial charge is 0.269 e. The van der Waals surface area contributed by atoms with E-state index in [1.165, 1.54) is 44.6 Å². The summed E-state index contributed by atoms with van der Waals surface area (Å²) in [6.45, 7) is -0.0367. The first-order valence-electron chi connectivity index (χ1n) is 7.39. The van der Waals surface area contributed by atoms with Crippen molar-refractivity contribution in [3.05, 3.63) is 63.7 Å². The SMILES string of the molecule is COc1ccc(C(=O)NCC(O)c2ccc([N+](=O)[O-])cc2)cc1OC. The fraction of sp³-hybridized carbons (Fsp3) is 0.235. The monoisotopic (exact) mass is 346 g/mol. The molecule has 132 valence electrons. The molecular formula is C17H18N2O6. The molecule has 8 nitrogen and oxygen atoms in total. The number of carbonyl (C=O) groups is 1. The number of nitro groups is 1. The highest BCUT2D eigenvalue weighted by atomic mass is 16.6. The van der Waals surface area contributed by atoms with Crippen molar-refractivity contribution in [1.29, 1.82) is 0 Å². The van der Waals surface area contributed by atoms with E-state index in [9.17, 15) is 20.0 Å². The topological polar surface area (TPSA) is 111 Å². The highest BCUT2D eigenvalue weighted by Gasteiger charge is 2.14. The normalized spacial score (nSPS) is 11.5. The van der Waals surface area contributed by atoms with Crippen molar-refractivity contribution in [3.8, 4) is 11.5 Å². The van der Waals surface area contributed by atoms with Gasteiger partial charge in [-0.25, -0.2) is 0 Å². The molecule has 0 aromatic heterocycles. The summed E-state index contributed by atoms with van der Waals surface area (Å²) in [6, 6.07) is 10.2. The number of non-ortho nitro benzene ring substituents is 1. The summed E-state index contributed by atoms with van der Waals surface area (Å²) in [5.41, 5.74) is 0.761. The molecule has 0 saturated heterocycles. The number of hydrogen-bond acceptors (Lipinski definition) is 6. The number of methoxy groups -OCH3 is 2. The number of nitro benzene ring substituents is 1. The lowest BCUT2D eigenvalue weighted by Gasteiger charge is -2.13. The van der Waals surface area contributed by atoms with Crippen molar-refractivity contribution in [2.45, 2.75) is 6.10 Å². The number of benzene rings is 2. The molecule has 1 amide bonds. The highest BCUT2D eigenvalue weighted by molar-refractivity contribution is 5.94. The minimum absolute atomic E-state index is 0.0367. The van der Waals surface area contributed by atoms with E-state index in [1.807, 2.05) is 0 Å². The summed E-state index contributed by atoms with van der Waals surface area (Å²) in [5, 5.41) is 23.3. The van der Waals surface area contributed by atoms with Gasteiger partial charge in [0.05, 0.1) is 25.2 Å². The number of rotatable bonds is 7. The maximum atomic E-state index is 12.2. The molecule has 0 aliphatic carbocycles. The van der Waals surface area contributed by atoms with Crippen molar-refractivity contribution in [2.75, 3.05) is 20.8 Å². The molecule has 0 bridgehead atoms. The lowest BCUT2D eigenvalue weighted by molar-refractivity contribution is -0.384. The molecule has 1 unspecified atom stereocenters. The summed E-state index contributed by atoms with van der Waals surface area (Å²) in [6.07, 6.45) is -0.982. The van der Waals surface area contributed by atoms with Gasteiger partial charge in [0.2, 0.25) is 0 Å². The van der Waals surface area contributed by atoms with Gasteiger partial charge in [-0.1, -0.05) is 0 Å². The minimum atomic E-state index is -0.982. The number of ether oxygens (including phenoxy) is 2. The van der Waals surface area contributed by atoms with Gasteiger partial charge >= 0.3 is 0 Å². The molecule has 0 aliphatic rings. The zero-order chi connectivity index (χ0) is 18.4. The molecule has 8 heteroatoms. The van der Waals surface area contributed by atoms with Crippen LogP contribution in [0.1, 0.15) is 22.0 Å². The van der Waals surface area contributed by atoms with Crippen LogP contribution >= 0.6 is 0 Å². The summed E-state index contributed by atoms with van der Waals surface area (Å²) in [5.74, 6) is 0.540. The quantitative estimate of drug-likeness (QED) is 0.586. The van der Waals surface area contributed by atoms with Crippen molar-refractivity contribution < 1.29 is 24.3 Å². The van der Waals surface area contributed by atoms with Gasteiger partial charge in [0.15, 0.2) is 11.5 Å². The number of aliphatic hydroxyl groups excluding tert-OH is 1. The standard InChI is InChI=1S/C17H18N2O6/c1-24-15-8-5-12(9-16(15)25-2)17(21)18-10-14(20)11-3-6-13(7-4-11)19(22)23/h3-9,14,20H,10H2,1-2H3,(H,18,21). The van der Waals surface area contributed by atoms with Crippen LogP contribution in [0.15, 0.2) is 42.5 Å². The summed E-state index contributed by atoms with van der Waals surface area (Å²) in [4.78, 5) is 22.3. The molecule has 0 spiro atoms. The molecule has 0 heterocycles. The van der Waals surface area contributed by atoms with Crippen LogP contribution in [-0.2, 0) is 0 Å². The highest BCUT2D eigenvalue weighted by Crippen LogP contribution is 2.27. The van der Waals surface area contributed by atoms with Crippen LogP contribution in [0, 0.1) is 10.1 Å². The van der Waals surface area contributed by atoms with Gasteiger partial charge < -0.3 is 19.9 Å². The average Bonchev–Trinajstić information content (AvgIpc) is 2.65. The number of hydrogen-bond donors (Lipinski definition) is 2. The van der Waals surface area contributed by atoms with Crippen LogP contribution in [0.4, 0.5) is 5.69 Å². The van der Waals surface area contributed by atoms with E-state index in [-0.39, 0.29) is 18.1 Å². The van der Waals surface area contributed by atoms with Crippen LogP contribution in [-0.4, -0.2) is 36.7 Å². The van der Waals surface area contributed by atoms with Crippen LogP contribution in [0.3, 0.4) is 0 Å². The Kier molecular flexibility index (Phi) is 5.91. The van der Waals surface area contributed by atoms with Crippen molar-refractivity contribution in [3.63, 3.8) is 0 Å². The molecule has 2 rings (SSSR count). The molecule has 2 aromatic rings. The average molecular weight is 346 g/mol. The zero-order valence-electron chi connectivity index (χ0n) is 13.8. The van der Waals surface area contributed by atoms with Crippen LogP contribution in [0.5, 0.6) is 11.5 Å². The third-order valence-corrected chi connectivity index (χ3v) is 3.59. The second-order valence-corrected chi connectivity index (χ2v) is 5.14. The Morgan fingerprint density at radius 2 is 1.80 bits per heavy atom. The van der Waals surface area contributed by atoms with Gasteiger partial charge in [0, 0.05) is 24.2 Å². The number of carbonyl (C=O) groups excluding carboxylic acids is 1. The summed E-state index contributed by atoms with van der Waals surface area (Å²) >= 11 is 0. The molecule has 0 aliphatic heterocycles. The van der Waals surface area contributed by atoms with Gasteiger partial charge in [0.1, 0.15) is 0 Å². The third-order valence-electron chi connectivity index (χ3n) is 3.59. The van der Waals surface area contributed by atoms with Gasteiger partial charge in [-0.15, -0.1) is 0 Å². The summed E-state index contributed by atoms with van der Waals surface area (Å²) < 4.78 is 10.3. The lowest BCUT2D eigenvalue weighted by atomic mass is 10.1. The zero-order valence-corrected chi connectivity index (χ0v) is 13.8. The first-order chi connectivity index (χ1) is 12.0. The Morgan fingerprint density at radius 3 is 2.36 bits per heavy atom. The second-order valence-electron chi connectivity index (χ2n) is 5.14. The van der Waals surface area contributed by atoms with E-state index in [2.05, 4.69) is 5.32 Å². The first kappa shape index (κ1) is 18.2. The molecule has 1 atom stereocenters. The molecule has 0 saturated carbocycles. The Morgan fingerprint density at radius 1 is 1.16 bits per heavy atom. The molecule has 0 radical (unpaired) electrons. The maximum absolute atomic E-state index is 12.2. The van der Waals surface area contributed by atoms with E-state index >= 15 is 0 Å². The number of amides is 1. The molecule has 0 fully saturated rings. The van der Waals surface area contributed by atoms with E-state index in [1.54, 1.807) is 12.1 Å². The Labute approximate surface area is 144 Å². The van der Waals surface area contributed by atoms with Gasteiger partial charge in [-0.2, -0.15) is 0 Å². The largest absolute Gasteiger partial charge is 0.493 e. The first-order valence-corrected chi connectivity index (χ1v) is 7.39. The van der Waals surface area contributed by atoms with E-state index < -0.39 is 11.0 Å². The maximum Gasteiger partial charge on any atom is 0.269 e. The Balaban J connectivity index is 2.00. The Hall–Kier alpha value is -3.13. The van der Waals surface area contributed by atoms with E-state index in [4.69, 9.17) is 9.47 Å². The van der Waals surface area contributed by atoms with Crippen molar-refractivity contribution >= 4 is 11.6 Å². The molecule has 2 aromatic carbocycles. The Bertz CT molecular complexity index is 760. The molecule has 2 N–H and O–H groups in total. The fourth-order valence-corrected chi connectivity index (χ4v) is 2.20. The van der Waals surface area contributed by atoms with Gasteiger partial charge in [-0.05, 0) is 35.9 Å². The summed E-state index contributed by atoms with van der Waals surface area (Å²) in [7, 11) is 2.97. The predicted octanol–water partition coefficient (Wildman–Crippen LogP) is 2.08. The number of aliphatic hydroxyl groups is 1. The van der Waals surface area contributed by atoms with Crippen LogP contribution in [0.2, 0.25) is 0 Å². The third kappa shape index (κ3) is 4.45. The second kappa shape index (κ2) is 8.11. The number of nitrogens with one attached hydrogen (secondary N) is 1. The van der Waals surface area contributed by atoms with Crippen LogP contribution < -0.4 is 14.8 Å². The van der Waals surface area contributed by atoms with Gasteiger partial charge in [0.25, 0.3) is 11.6 Å². The van der Waals surface area contributed by atoms with E-state index in [0.29, 0.717) is 22.6 Å².